The van der Waals surface area contributed by atoms with Gasteiger partial charge in [0.05, 0.1) is 11.6 Å². The van der Waals surface area contributed by atoms with Crippen LogP contribution in [0.3, 0.4) is 0 Å². The molecule has 1 aliphatic rings. The van der Waals surface area contributed by atoms with E-state index in [1.807, 2.05) is 0 Å². The van der Waals surface area contributed by atoms with Gasteiger partial charge in [0, 0.05) is 23.6 Å². The van der Waals surface area contributed by atoms with Gasteiger partial charge in [-0.1, -0.05) is 18.2 Å². The molecule has 1 aromatic carbocycles. The first-order valence-electron chi connectivity index (χ1n) is 6.08. The SMILES string of the molecule is CCn1cc(C2=N[C@@H](C)CO2)c2ccccc21. The van der Waals surface area contributed by atoms with Crippen LogP contribution in [0, 0.1) is 0 Å². The molecule has 1 aliphatic heterocycles. The van der Waals surface area contributed by atoms with E-state index in [2.05, 4.69) is 53.9 Å². The lowest BCUT2D eigenvalue weighted by Gasteiger charge is -1.98. The van der Waals surface area contributed by atoms with Crippen molar-refractivity contribution in [2.24, 2.45) is 4.99 Å². The Labute approximate surface area is 101 Å². The van der Waals surface area contributed by atoms with E-state index in [0.29, 0.717) is 6.61 Å². The summed E-state index contributed by atoms with van der Waals surface area (Å²) >= 11 is 0. The number of aliphatic imine (C=N–C) groups is 1. The molecule has 0 fully saturated rings. The number of hydrogen-bond acceptors (Lipinski definition) is 2. The third-order valence-electron chi connectivity index (χ3n) is 3.16. The molecule has 0 unspecified atom stereocenters. The number of aromatic nitrogens is 1. The molecule has 1 atom stereocenters. The van der Waals surface area contributed by atoms with Crippen molar-refractivity contribution in [2.75, 3.05) is 6.61 Å². The number of benzene rings is 1. The normalized spacial score (nSPS) is 19.4. The molecule has 0 radical (unpaired) electrons. The highest BCUT2D eigenvalue weighted by Crippen LogP contribution is 2.24. The Hall–Kier alpha value is -1.77. The zero-order valence-electron chi connectivity index (χ0n) is 10.2. The minimum Gasteiger partial charge on any atom is -0.475 e. The number of nitrogens with zero attached hydrogens (tertiary/aromatic N) is 2. The van der Waals surface area contributed by atoms with Gasteiger partial charge in [-0.2, -0.15) is 0 Å². The third-order valence-corrected chi connectivity index (χ3v) is 3.16. The Bertz CT molecular complexity index is 583. The molecule has 1 aromatic heterocycles. The second kappa shape index (κ2) is 3.91. The van der Waals surface area contributed by atoms with Gasteiger partial charge >= 0.3 is 0 Å². The molecule has 2 aromatic rings. The first-order chi connectivity index (χ1) is 8.29. The molecule has 0 spiro atoms. The number of fused-ring (bicyclic) bond motifs is 1. The first-order valence-corrected chi connectivity index (χ1v) is 6.08. The van der Waals surface area contributed by atoms with Gasteiger partial charge in [0.1, 0.15) is 6.61 Å². The number of ether oxygens (including phenoxy) is 1. The molecule has 3 nitrogen and oxygen atoms in total. The summed E-state index contributed by atoms with van der Waals surface area (Å²) in [5.41, 5.74) is 2.36. The largest absolute Gasteiger partial charge is 0.475 e. The summed E-state index contributed by atoms with van der Waals surface area (Å²) in [6.45, 7) is 5.88. The summed E-state index contributed by atoms with van der Waals surface area (Å²) in [4.78, 5) is 4.54. The van der Waals surface area contributed by atoms with E-state index in [1.54, 1.807) is 0 Å². The van der Waals surface area contributed by atoms with Crippen LogP contribution in [-0.2, 0) is 11.3 Å². The average molecular weight is 228 g/mol. The molecule has 88 valence electrons. The molecule has 3 rings (SSSR count). The molecule has 17 heavy (non-hydrogen) atoms. The van der Waals surface area contributed by atoms with E-state index < -0.39 is 0 Å². The minimum absolute atomic E-state index is 0.272. The molecule has 0 saturated carbocycles. The van der Waals surface area contributed by atoms with Crippen molar-refractivity contribution in [1.82, 2.24) is 4.57 Å². The molecule has 0 aliphatic carbocycles. The quantitative estimate of drug-likeness (QED) is 0.776. The van der Waals surface area contributed by atoms with Crippen molar-refractivity contribution in [2.45, 2.75) is 26.4 Å². The standard InChI is InChI=1S/C14H16N2O/c1-3-16-8-12(14-15-10(2)9-17-14)11-6-4-5-7-13(11)16/h4-8,10H,3,9H2,1-2H3/t10-/m0/s1. The highest BCUT2D eigenvalue weighted by molar-refractivity contribution is 6.07. The fourth-order valence-corrected chi connectivity index (χ4v) is 2.30. The molecular weight excluding hydrogens is 212 g/mol. The van der Waals surface area contributed by atoms with Crippen LogP contribution < -0.4 is 0 Å². The van der Waals surface area contributed by atoms with Crippen molar-refractivity contribution < 1.29 is 4.74 Å². The van der Waals surface area contributed by atoms with Gasteiger partial charge in [-0.3, -0.25) is 0 Å². The highest BCUT2D eigenvalue weighted by Gasteiger charge is 2.20. The van der Waals surface area contributed by atoms with Crippen molar-refractivity contribution in [3.63, 3.8) is 0 Å². The third kappa shape index (κ3) is 1.62. The summed E-state index contributed by atoms with van der Waals surface area (Å²) < 4.78 is 7.89. The molecular formula is C14H16N2O. The van der Waals surface area contributed by atoms with E-state index in [0.717, 1.165) is 18.0 Å². The summed E-state index contributed by atoms with van der Waals surface area (Å²) in [7, 11) is 0. The second-order valence-electron chi connectivity index (χ2n) is 4.44. The van der Waals surface area contributed by atoms with E-state index in [4.69, 9.17) is 4.74 Å². The first kappa shape index (κ1) is 10.4. The van der Waals surface area contributed by atoms with Crippen LogP contribution >= 0.6 is 0 Å². The van der Waals surface area contributed by atoms with Crippen LogP contribution in [0.4, 0.5) is 0 Å². The maximum Gasteiger partial charge on any atom is 0.218 e. The Balaban J connectivity index is 2.20. The fraction of sp³-hybridized carbons (Fsp3) is 0.357. The summed E-state index contributed by atoms with van der Waals surface area (Å²) in [5, 5.41) is 1.22. The van der Waals surface area contributed by atoms with Crippen LogP contribution in [-0.4, -0.2) is 23.1 Å². The summed E-state index contributed by atoms with van der Waals surface area (Å²) in [5.74, 6) is 0.793. The van der Waals surface area contributed by atoms with E-state index in [9.17, 15) is 0 Å². The Morgan fingerprint density at radius 1 is 1.41 bits per heavy atom. The van der Waals surface area contributed by atoms with Crippen LogP contribution in [0.15, 0.2) is 35.5 Å². The van der Waals surface area contributed by atoms with E-state index >= 15 is 0 Å². The van der Waals surface area contributed by atoms with Crippen LogP contribution in [0.1, 0.15) is 19.4 Å². The van der Waals surface area contributed by atoms with Crippen LogP contribution in [0.5, 0.6) is 0 Å². The predicted molar refractivity (Wildman–Crippen MR) is 69.6 cm³/mol. The van der Waals surface area contributed by atoms with E-state index in [1.165, 1.54) is 10.9 Å². The van der Waals surface area contributed by atoms with Crippen LogP contribution in [0.2, 0.25) is 0 Å². The lowest BCUT2D eigenvalue weighted by atomic mass is 10.2. The van der Waals surface area contributed by atoms with E-state index in [-0.39, 0.29) is 6.04 Å². The van der Waals surface area contributed by atoms with Gasteiger partial charge in [0.15, 0.2) is 0 Å². The number of hydrogen-bond donors (Lipinski definition) is 0. The maximum atomic E-state index is 5.65. The molecule has 0 amide bonds. The van der Waals surface area contributed by atoms with Gasteiger partial charge in [0.2, 0.25) is 5.90 Å². The van der Waals surface area contributed by atoms with Gasteiger partial charge in [-0.05, 0) is 19.9 Å². The highest BCUT2D eigenvalue weighted by atomic mass is 16.5. The molecule has 0 bridgehead atoms. The molecule has 0 N–H and O–H groups in total. The minimum atomic E-state index is 0.272. The number of para-hydroxylation sites is 1. The van der Waals surface area contributed by atoms with Gasteiger partial charge < -0.3 is 9.30 Å². The predicted octanol–water partition coefficient (Wildman–Crippen LogP) is 2.83. The Morgan fingerprint density at radius 2 is 2.24 bits per heavy atom. The zero-order chi connectivity index (χ0) is 11.8. The topological polar surface area (TPSA) is 26.5 Å². The molecule has 3 heteroatoms. The van der Waals surface area contributed by atoms with Crippen molar-refractivity contribution in [1.29, 1.82) is 0 Å². The monoisotopic (exact) mass is 228 g/mol. The lowest BCUT2D eigenvalue weighted by Crippen LogP contribution is -2.01. The maximum absolute atomic E-state index is 5.65. The smallest absolute Gasteiger partial charge is 0.218 e. The van der Waals surface area contributed by atoms with Gasteiger partial charge in [0.25, 0.3) is 0 Å². The fourth-order valence-electron chi connectivity index (χ4n) is 2.30. The molecule has 0 saturated heterocycles. The van der Waals surface area contributed by atoms with Crippen molar-refractivity contribution >= 4 is 16.8 Å². The Morgan fingerprint density at radius 3 is 2.94 bits per heavy atom. The van der Waals surface area contributed by atoms with Gasteiger partial charge in [-0.25, -0.2) is 4.99 Å². The molecule has 2 heterocycles. The van der Waals surface area contributed by atoms with Crippen LogP contribution in [0.25, 0.3) is 10.9 Å². The Kier molecular flexibility index (Phi) is 2.39. The van der Waals surface area contributed by atoms with Crippen molar-refractivity contribution in [3.05, 3.63) is 36.0 Å². The number of aryl methyl sites for hydroxylation is 1. The second-order valence-corrected chi connectivity index (χ2v) is 4.44. The number of rotatable bonds is 2. The average Bonchev–Trinajstić information content (AvgIpc) is 2.92. The van der Waals surface area contributed by atoms with Gasteiger partial charge in [-0.15, -0.1) is 0 Å². The summed E-state index contributed by atoms with van der Waals surface area (Å²) in [6, 6.07) is 8.67. The lowest BCUT2D eigenvalue weighted by molar-refractivity contribution is 0.324. The van der Waals surface area contributed by atoms with Crippen molar-refractivity contribution in [3.8, 4) is 0 Å². The summed E-state index contributed by atoms with van der Waals surface area (Å²) in [6.07, 6.45) is 2.14. The zero-order valence-corrected chi connectivity index (χ0v) is 10.2.